The Kier molecular flexibility index (Phi) is 7.64. The van der Waals surface area contributed by atoms with Crippen LogP contribution in [0.5, 0.6) is 17.2 Å². The third-order valence-electron chi connectivity index (χ3n) is 4.32. The summed E-state index contributed by atoms with van der Waals surface area (Å²) in [7, 11) is 1.45. The van der Waals surface area contributed by atoms with E-state index in [2.05, 4.69) is 10.6 Å². The van der Waals surface area contributed by atoms with Gasteiger partial charge in [0, 0.05) is 11.3 Å². The molecule has 2 amide bonds. The number of benzene rings is 3. The van der Waals surface area contributed by atoms with Crippen molar-refractivity contribution in [2.24, 2.45) is 0 Å². The van der Waals surface area contributed by atoms with Crippen molar-refractivity contribution in [2.45, 2.75) is 6.92 Å². The van der Waals surface area contributed by atoms with Crippen molar-refractivity contribution < 1.29 is 28.2 Å². The molecule has 3 aromatic carbocycles. The second-order valence-electron chi connectivity index (χ2n) is 6.62. The van der Waals surface area contributed by atoms with Gasteiger partial charge in [-0.05, 0) is 67.6 Å². The maximum Gasteiger partial charge on any atom is 0.262 e. The van der Waals surface area contributed by atoms with Crippen LogP contribution in [0, 0.1) is 5.82 Å². The van der Waals surface area contributed by atoms with Crippen molar-refractivity contribution in [3.63, 3.8) is 0 Å². The fourth-order valence-corrected chi connectivity index (χ4v) is 2.85. The van der Waals surface area contributed by atoms with Gasteiger partial charge in [0.25, 0.3) is 11.8 Å². The molecule has 0 aromatic heterocycles. The summed E-state index contributed by atoms with van der Waals surface area (Å²) < 4.78 is 29.5. The lowest BCUT2D eigenvalue weighted by Gasteiger charge is -2.13. The topological polar surface area (TPSA) is 85.9 Å². The largest absolute Gasteiger partial charge is 0.495 e. The molecule has 0 unspecified atom stereocenters. The van der Waals surface area contributed by atoms with E-state index in [4.69, 9.17) is 14.2 Å². The molecule has 0 saturated heterocycles. The molecule has 0 spiro atoms. The number of methoxy groups -OCH3 is 1. The van der Waals surface area contributed by atoms with Gasteiger partial charge in [-0.25, -0.2) is 4.39 Å². The first-order valence-corrected chi connectivity index (χ1v) is 9.89. The Morgan fingerprint density at radius 2 is 1.62 bits per heavy atom. The Labute approximate surface area is 185 Å². The lowest BCUT2D eigenvalue weighted by atomic mass is 10.2. The van der Waals surface area contributed by atoms with Crippen LogP contribution in [0.25, 0.3) is 0 Å². The van der Waals surface area contributed by atoms with E-state index in [9.17, 15) is 14.0 Å². The summed E-state index contributed by atoms with van der Waals surface area (Å²) in [4.78, 5) is 24.7. The molecule has 0 aliphatic rings. The molecule has 0 heterocycles. The fraction of sp³-hybridized carbons (Fsp3) is 0.167. The highest BCUT2D eigenvalue weighted by atomic mass is 19.1. The summed E-state index contributed by atoms with van der Waals surface area (Å²) in [5.41, 5.74) is 0.915. The first kappa shape index (κ1) is 22.6. The quantitative estimate of drug-likeness (QED) is 0.514. The van der Waals surface area contributed by atoms with Gasteiger partial charge in [0.05, 0.1) is 19.4 Å². The normalized spacial score (nSPS) is 10.2. The van der Waals surface area contributed by atoms with Crippen molar-refractivity contribution >= 4 is 23.2 Å². The number of nitrogens with one attached hydrogen (secondary N) is 2. The van der Waals surface area contributed by atoms with Crippen LogP contribution in [0.4, 0.5) is 15.8 Å². The molecule has 7 nitrogen and oxygen atoms in total. The minimum Gasteiger partial charge on any atom is -0.495 e. The first-order valence-electron chi connectivity index (χ1n) is 9.89. The first-order chi connectivity index (χ1) is 15.5. The number of ether oxygens (including phenoxy) is 3. The number of hydrogen-bond acceptors (Lipinski definition) is 5. The third kappa shape index (κ3) is 6.21. The van der Waals surface area contributed by atoms with E-state index < -0.39 is 11.7 Å². The van der Waals surface area contributed by atoms with E-state index in [0.29, 0.717) is 29.5 Å². The molecule has 3 rings (SSSR count). The molecule has 8 heteroatoms. The highest BCUT2D eigenvalue weighted by Crippen LogP contribution is 2.28. The van der Waals surface area contributed by atoms with Gasteiger partial charge in [-0.1, -0.05) is 6.07 Å². The lowest BCUT2D eigenvalue weighted by Crippen LogP contribution is -2.20. The number of rotatable bonds is 9. The second-order valence-corrected chi connectivity index (χ2v) is 6.62. The van der Waals surface area contributed by atoms with Gasteiger partial charge < -0.3 is 24.8 Å². The van der Waals surface area contributed by atoms with E-state index in [-0.39, 0.29) is 18.1 Å². The lowest BCUT2D eigenvalue weighted by molar-refractivity contribution is -0.118. The van der Waals surface area contributed by atoms with Gasteiger partial charge >= 0.3 is 0 Å². The molecular weight excluding hydrogens is 415 g/mol. The Hall–Kier alpha value is -4.07. The molecule has 0 atom stereocenters. The molecular formula is C24H23FN2O5. The molecule has 166 valence electrons. The van der Waals surface area contributed by atoms with Gasteiger partial charge in [0.15, 0.2) is 6.61 Å². The Balaban J connectivity index is 1.62. The van der Waals surface area contributed by atoms with Gasteiger partial charge in [-0.2, -0.15) is 0 Å². The van der Waals surface area contributed by atoms with E-state index >= 15 is 0 Å². The Bertz CT molecular complexity index is 1090. The summed E-state index contributed by atoms with van der Waals surface area (Å²) in [6, 6.07) is 17.0. The second kappa shape index (κ2) is 10.8. The Morgan fingerprint density at radius 3 is 2.28 bits per heavy atom. The van der Waals surface area contributed by atoms with Crippen LogP contribution >= 0.6 is 0 Å². The van der Waals surface area contributed by atoms with E-state index in [1.807, 2.05) is 6.92 Å². The number of anilines is 2. The maximum atomic E-state index is 13.4. The zero-order valence-electron chi connectivity index (χ0n) is 17.7. The summed E-state index contributed by atoms with van der Waals surface area (Å²) in [5, 5.41) is 5.37. The van der Waals surface area contributed by atoms with Crippen LogP contribution in [0.1, 0.15) is 17.3 Å². The van der Waals surface area contributed by atoms with Crippen LogP contribution in [0.15, 0.2) is 66.7 Å². The molecule has 0 fully saturated rings. The average Bonchev–Trinajstić information content (AvgIpc) is 2.79. The summed E-state index contributed by atoms with van der Waals surface area (Å²) in [5.74, 6) is 0.227. The summed E-state index contributed by atoms with van der Waals surface area (Å²) in [6.07, 6.45) is 0. The molecule has 2 N–H and O–H groups in total. The van der Waals surface area contributed by atoms with Gasteiger partial charge in [0.2, 0.25) is 0 Å². The summed E-state index contributed by atoms with van der Waals surface area (Å²) in [6.45, 7) is 2.26. The number of carbonyl (C=O) groups is 2. The van der Waals surface area contributed by atoms with Gasteiger partial charge in [-0.15, -0.1) is 0 Å². The van der Waals surface area contributed by atoms with E-state index in [1.165, 1.54) is 25.3 Å². The molecule has 0 aliphatic carbocycles. The number of halogens is 1. The minimum atomic E-state index is -0.516. The maximum absolute atomic E-state index is 13.4. The van der Waals surface area contributed by atoms with Crippen molar-refractivity contribution in [3.05, 3.63) is 78.1 Å². The molecule has 0 aliphatic heterocycles. The monoisotopic (exact) mass is 438 g/mol. The fourth-order valence-electron chi connectivity index (χ4n) is 2.85. The molecule has 0 saturated carbocycles. The predicted octanol–water partition coefficient (Wildman–Crippen LogP) is 4.50. The Morgan fingerprint density at radius 1 is 0.906 bits per heavy atom. The van der Waals surface area contributed by atoms with Crippen molar-refractivity contribution in [3.8, 4) is 17.2 Å². The average molecular weight is 438 g/mol. The van der Waals surface area contributed by atoms with Crippen LogP contribution < -0.4 is 24.8 Å². The third-order valence-corrected chi connectivity index (χ3v) is 4.32. The van der Waals surface area contributed by atoms with Crippen LogP contribution in [0.3, 0.4) is 0 Å². The number of hydrogen-bond donors (Lipinski definition) is 2. The van der Waals surface area contributed by atoms with Gasteiger partial charge in [0.1, 0.15) is 23.1 Å². The molecule has 32 heavy (non-hydrogen) atoms. The predicted molar refractivity (Wildman–Crippen MR) is 119 cm³/mol. The van der Waals surface area contributed by atoms with Crippen molar-refractivity contribution in [1.82, 2.24) is 0 Å². The zero-order chi connectivity index (χ0) is 22.9. The van der Waals surface area contributed by atoms with Gasteiger partial charge in [-0.3, -0.25) is 9.59 Å². The highest BCUT2D eigenvalue weighted by Gasteiger charge is 2.13. The van der Waals surface area contributed by atoms with Crippen molar-refractivity contribution in [1.29, 1.82) is 0 Å². The SMILES string of the molecule is CCOc1ccc(OCC(=O)Nc2ccc(OC)c(NC(=O)c3cccc(F)c3)c2)cc1. The van der Waals surface area contributed by atoms with Crippen molar-refractivity contribution in [2.75, 3.05) is 31.0 Å². The highest BCUT2D eigenvalue weighted by molar-refractivity contribution is 6.05. The molecule has 0 radical (unpaired) electrons. The van der Waals surface area contributed by atoms with Crippen LogP contribution in [-0.4, -0.2) is 32.1 Å². The van der Waals surface area contributed by atoms with Crippen LogP contribution in [0.2, 0.25) is 0 Å². The molecule has 3 aromatic rings. The standard InChI is InChI=1S/C24H23FN2O5/c1-3-31-19-8-10-20(11-9-19)32-15-23(28)26-18-7-12-22(30-2)21(14-18)27-24(29)16-5-4-6-17(25)13-16/h4-14H,3,15H2,1-2H3,(H,26,28)(H,27,29). The van der Waals surface area contributed by atoms with Crippen LogP contribution in [-0.2, 0) is 4.79 Å². The van der Waals surface area contributed by atoms with E-state index in [0.717, 1.165) is 11.8 Å². The molecule has 0 bridgehead atoms. The minimum absolute atomic E-state index is 0.158. The number of carbonyl (C=O) groups excluding carboxylic acids is 2. The smallest absolute Gasteiger partial charge is 0.262 e. The zero-order valence-corrected chi connectivity index (χ0v) is 17.7. The number of amides is 2. The summed E-state index contributed by atoms with van der Waals surface area (Å²) >= 11 is 0. The van der Waals surface area contributed by atoms with E-state index in [1.54, 1.807) is 42.5 Å².